The maximum Gasteiger partial charge on any atom is 0.244 e. The Hall–Kier alpha value is -2.95. The van der Waals surface area contributed by atoms with Crippen LogP contribution >= 0.6 is 0 Å². The van der Waals surface area contributed by atoms with Gasteiger partial charge in [0.05, 0.1) is 6.04 Å². The molecular formula is C22H23NO4. The molecule has 0 bridgehead atoms. The first-order valence-corrected chi connectivity index (χ1v) is 9.07. The lowest BCUT2D eigenvalue weighted by Crippen LogP contribution is -2.41. The van der Waals surface area contributed by atoms with E-state index in [4.69, 9.17) is 14.2 Å². The fourth-order valence-electron chi connectivity index (χ4n) is 3.51. The Labute approximate surface area is 158 Å². The molecule has 0 fully saturated rings. The third-order valence-corrected chi connectivity index (χ3v) is 4.76. The van der Waals surface area contributed by atoms with Crippen molar-refractivity contribution in [2.45, 2.75) is 38.8 Å². The van der Waals surface area contributed by atoms with Gasteiger partial charge >= 0.3 is 0 Å². The van der Waals surface area contributed by atoms with Gasteiger partial charge in [0, 0.05) is 18.1 Å². The summed E-state index contributed by atoms with van der Waals surface area (Å²) in [5.41, 5.74) is 2.73. The molecule has 5 nitrogen and oxygen atoms in total. The first-order valence-electron chi connectivity index (χ1n) is 9.07. The summed E-state index contributed by atoms with van der Waals surface area (Å²) in [6.45, 7) is 6.36. The van der Waals surface area contributed by atoms with Gasteiger partial charge in [-0.1, -0.05) is 23.8 Å². The molecule has 0 radical (unpaired) electrons. The minimum Gasteiger partial charge on any atom is -0.487 e. The number of amides is 1. The fraction of sp³-hybridized carbons (Fsp3) is 0.318. The topological polar surface area (TPSA) is 56.8 Å². The predicted octanol–water partition coefficient (Wildman–Crippen LogP) is 4.16. The van der Waals surface area contributed by atoms with Gasteiger partial charge in [0.1, 0.15) is 11.4 Å². The highest BCUT2D eigenvalue weighted by Crippen LogP contribution is 2.40. The second-order valence-corrected chi connectivity index (χ2v) is 7.61. The Morgan fingerprint density at radius 2 is 1.89 bits per heavy atom. The summed E-state index contributed by atoms with van der Waals surface area (Å²) in [5, 5.41) is 3.12. The number of fused-ring (bicyclic) bond motifs is 2. The third kappa shape index (κ3) is 3.77. The third-order valence-electron chi connectivity index (χ3n) is 4.76. The standard InChI is InChI=1S/C22H23NO4/c1-14-4-7-18-16(10-14)17(12-22(2,3)27-18)23-21(24)9-6-15-5-8-19-20(11-15)26-13-25-19/h4-11,17H,12-13H2,1-3H3,(H,23,24)/b9-6+/t17-/m1/s1. The van der Waals surface area contributed by atoms with Crippen LogP contribution in [0, 0.1) is 6.92 Å². The summed E-state index contributed by atoms with van der Waals surface area (Å²) in [6.07, 6.45) is 4.04. The molecule has 0 aliphatic carbocycles. The first kappa shape index (κ1) is 17.5. The molecule has 5 heteroatoms. The van der Waals surface area contributed by atoms with Gasteiger partial charge in [-0.25, -0.2) is 0 Å². The molecule has 1 N–H and O–H groups in total. The second kappa shape index (κ2) is 6.65. The van der Waals surface area contributed by atoms with E-state index in [9.17, 15) is 4.79 Å². The number of ether oxygens (including phenoxy) is 3. The van der Waals surface area contributed by atoms with Gasteiger partial charge in [0.25, 0.3) is 0 Å². The number of rotatable bonds is 3. The second-order valence-electron chi connectivity index (χ2n) is 7.61. The van der Waals surface area contributed by atoms with E-state index in [1.54, 1.807) is 12.2 Å². The Morgan fingerprint density at radius 3 is 2.74 bits per heavy atom. The van der Waals surface area contributed by atoms with Gasteiger partial charge < -0.3 is 19.5 Å². The molecule has 140 valence electrons. The van der Waals surface area contributed by atoms with Crippen molar-refractivity contribution in [1.82, 2.24) is 5.32 Å². The average molecular weight is 365 g/mol. The van der Waals surface area contributed by atoms with Crippen molar-refractivity contribution in [3.8, 4) is 17.2 Å². The highest BCUT2D eigenvalue weighted by atomic mass is 16.7. The lowest BCUT2D eigenvalue weighted by molar-refractivity contribution is -0.117. The summed E-state index contributed by atoms with van der Waals surface area (Å²) in [6, 6.07) is 11.6. The molecule has 1 atom stereocenters. The molecule has 0 saturated carbocycles. The number of carbonyl (C=O) groups excluding carboxylic acids is 1. The zero-order chi connectivity index (χ0) is 19.0. The Bertz CT molecular complexity index is 917. The van der Waals surface area contributed by atoms with E-state index in [0.717, 1.165) is 28.2 Å². The molecule has 0 unspecified atom stereocenters. The van der Waals surface area contributed by atoms with Crippen molar-refractivity contribution in [2.75, 3.05) is 6.79 Å². The molecule has 2 heterocycles. The van der Waals surface area contributed by atoms with Crippen LogP contribution in [0.4, 0.5) is 0 Å². The van der Waals surface area contributed by atoms with Crippen LogP contribution in [-0.2, 0) is 4.79 Å². The first-order chi connectivity index (χ1) is 12.9. The van der Waals surface area contributed by atoms with Crippen LogP contribution in [0.25, 0.3) is 6.08 Å². The van der Waals surface area contributed by atoms with Crippen molar-refractivity contribution < 1.29 is 19.0 Å². The molecule has 0 aromatic heterocycles. The molecule has 1 amide bonds. The van der Waals surface area contributed by atoms with Crippen molar-refractivity contribution in [1.29, 1.82) is 0 Å². The van der Waals surface area contributed by atoms with Crippen molar-refractivity contribution in [2.24, 2.45) is 0 Å². The number of nitrogens with one attached hydrogen (secondary N) is 1. The number of carbonyl (C=O) groups is 1. The molecule has 0 saturated heterocycles. The van der Waals surface area contributed by atoms with Crippen LogP contribution in [0.2, 0.25) is 0 Å². The van der Waals surface area contributed by atoms with Crippen LogP contribution in [0.3, 0.4) is 0 Å². The lowest BCUT2D eigenvalue weighted by atomic mass is 9.89. The quantitative estimate of drug-likeness (QED) is 0.830. The lowest BCUT2D eigenvalue weighted by Gasteiger charge is -2.38. The van der Waals surface area contributed by atoms with Gasteiger partial charge in [-0.15, -0.1) is 0 Å². The molecule has 27 heavy (non-hydrogen) atoms. The van der Waals surface area contributed by atoms with Gasteiger partial charge in [-0.2, -0.15) is 0 Å². The van der Waals surface area contributed by atoms with Crippen LogP contribution < -0.4 is 19.5 Å². The van der Waals surface area contributed by atoms with E-state index in [1.165, 1.54) is 0 Å². The highest BCUT2D eigenvalue weighted by Gasteiger charge is 2.34. The van der Waals surface area contributed by atoms with E-state index in [-0.39, 0.29) is 24.3 Å². The predicted molar refractivity (Wildman–Crippen MR) is 103 cm³/mol. The molecule has 2 aromatic carbocycles. The van der Waals surface area contributed by atoms with Crippen molar-refractivity contribution in [3.05, 3.63) is 59.2 Å². The smallest absolute Gasteiger partial charge is 0.244 e. The van der Waals surface area contributed by atoms with Crippen LogP contribution in [-0.4, -0.2) is 18.3 Å². The number of hydrogen-bond acceptors (Lipinski definition) is 4. The van der Waals surface area contributed by atoms with Crippen molar-refractivity contribution in [3.63, 3.8) is 0 Å². The van der Waals surface area contributed by atoms with Gasteiger partial charge in [0.2, 0.25) is 12.7 Å². The summed E-state index contributed by atoms with van der Waals surface area (Å²) < 4.78 is 16.7. The molecule has 2 aliphatic heterocycles. The molecule has 4 rings (SSSR count). The van der Waals surface area contributed by atoms with Crippen LogP contribution in [0.1, 0.15) is 43.0 Å². The van der Waals surface area contributed by atoms with E-state index in [0.29, 0.717) is 12.2 Å². The molecule has 2 aliphatic rings. The average Bonchev–Trinajstić information content (AvgIpc) is 3.08. The molecule has 0 spiro atoms. The van der Waals surface area contributed by atoms with Crippen LogP contribution in [0.5, 0.6) is 17.2 Å². The normalized spacial score (nSPS) is 19.4. The highest BCUT2D eigenvalue weighted by molar-refractivity contribution is 5.92. The number of benzene rings is 2. The Morgan fingerprint density at radius 1 is 1.11 bits per heavy atom. The maximum atomic E-state index is 12.5. The Balaban J connectivity index is 1.50. The minimum absolute atomic E-state index is 0.0856. The molecular weight excluding hydrogens is 342 g/mol. The summed E-state index contributed by atoms with van der Waals surface area (Å²) in [4.78, 5) is 12.5. The van der Waals surface area contributed by atoms with Crippen molar-refractivity contribution >= 4 is 12.0 Å². The van der Waals surface area contributed by atoms with E-state index in [1.807, 2.05) is 51.1 Å². The summed E-state index contributed by atoms with van der Waals surface area (Å²) in [7, 11) is 0. The summed E-state index contributed by atoms with van der Waals surface area (Å²) in [5.74, 6) is 2.13. The fourth-order valence-corrected chi connectivity index (χ4v) is 3.51. The maximum absolute atomic E-state index is 12.5. The largest absolute Gasteiger partial charge is 0.487 e. The summed E-state index contributed by atoms with van der Waals surface area (Å²) >= 11 is 0. The van der Waals surface area contributed by atoms with Gasteiger partial charge in [-0.3, -0.25) is 4.79 Å². The molecule has 2 aromatic rings. The Kier molecular flexibility index (Phi) is 4.30. The van der Waals surface area contributed by atoms with Gasteiger partial charge in [0.15, 0.2) is 11.5 Å². The number of hydrogen-bond donors (Lipinski definition) is 1. The SMILES string of the molecule is Cc1ccc2c(c1)[C@H](NC(=O)/C=C/c1ccc3c(c1)OCO3)CC(C)(C)O2. The van der Waals surface area contributed by atoms with E-state index in [2.05, 4.69) is 11.4 Å². The zero-order valence-electron chi connectivity index (χ0n) is 15.7. The van der Waals surface area contributed by atoms with Crippen LogP contribution in [0.15, 0.2) is 42.5 Å². The minimum atomic E-state index is -0.332. The van der Waals surface area contributed by atoms with E-state index < -0.39 is 0 Å². The van der Waals surface area contributed by atoms with Gasteiger partial charge in [-0.05, 0) is 50.6 Å². The monoisotopic (exact) mass is 365 g/mol. The zero-order valence-corrected chi connectivity index (χ0v) is 15.7. The van der Waals surface area contributed by atoms with E-state index >= 15 is 0 Å². The number of aryl methyl sites for hydroxylation is 1.